The summed E-state index contributed by atoms with van der Waals surface area (Å²) in [5, 5.41) is 2.94. The number of sulfonamides is 1. The van der Waals surface area contributed by atoms with Crippen LogP contribution >= 0.6 is 0 Å². The van der Waals surface area contributed by atoms with Crippen molar-refractivity contribution in [3.05, 3.63) is 131 Å². The first-order valence-electron chi connectivity index (χ1n) is 15.4. The molecule has 0 aromatic heterocycles. The van der Waals surface area contributed by atoms with Gasteiger partial charge < -0.3 is 10.2 Å². The standard InChI is InChI=1S/C37H42FN3O4S/c1-26(2)23-39-37(43)35(22-30-11-7-6-8-12-30)40(24-31-13-9-10-14-33(31)38)36(42)25-41(34-20-17-28(4)21-29(34)5)46(44,45)32-18-15-27(3)16-19-32/h6-21,26,35H,22-25H2,1-5H3,(H,39,43)/t35-/m0/s1. The van der Waals surface area contributed by atoms with Gasteiger partial charge in [-0.3, -0.25) is 13.9 Å². The fourth-order valence-electron chi connectivity index (χ4n) is 5.22. The van der Waals surface area contributed by atoms with E-state index in [1.807, 2.05) is 64.1 Å². The maximum atomic E-state index is 15.1. The minimum absolute atomic E-state index is 0.0297. The SMILES string of the molecule is Cc1ccc(S(=O)(=O)N(CC(=O)N(Cc2ccccc2F)[C@@H](Cc2ccccc2)C(=O)NCC(C)C)c2ccc(C)cc2C)cc1. The molecule has 2 amide bonds. The largest absolute Gasteiger partial charge is 0.354 e. The van der Waals surface area contributed by atoms with Crippen molar-refractivity contribution in [3.8, 4) is 0 Å². The number of hydrogen-bond acceptors (Lipinski definition) is 4. The van der Waals surface area contributed by atoms with Gasteiger partial charge in [0.2, 0.25) is 11.8 Å². The summed E-state index contributed by atoms with van der Waals surface area (Å²) in [6.45, 7) is 9.03. The summed E-state index contributed by atoms with van der Waals surface area (Å²) in [4.78, 5) is 29.7. The third-order valence-corrected chi connectivity index (χ3v) is 9.54. The predicted molar refractivity (Wildman–Crippen MR) is 180 cm³/mol. The number of amides is 2. The number of hydrogen-bond donors (Lipinski definition) is 1. The predicted octanol–water partition coefficient (Wildman–Crippen LogP) is 6.36. The molecule has 9 heteroatoms. The third kappa shape index (κ3) is 8.60. The molecular formula is C37H42FN3O4S. The van der Waals surface area contributed by atoms with Crippen LogP contribution in [-0.2, 0) is 32.6 Å². The second-order valence-corrected chi connectivity index (χ2v) is 13.9. The van der Waals surface area contributed by atoms with Gasteiger partial charge in [-0.15, -0.1) is 0 Å². The smallest absolute Gasteiger partial charge is 0.264 e. The molecule has 4 rings (SSSR count). The highest BCUT2D eigenvalue weighted by Crippen LogP contribution is 2.29. The van der Waals surface area contributed by atoms with Gasteiger partial charge in [0.1, 0.15) is 18.4 Å². The number of anilines is 1. The van der Waals surface area contributed by atoms with Gasteiger partial charge in [-0.1, -0.05) is 97.8 Å². The Hall–Kier alpha value is -4.50. The zero-order valence-electron chi connectivity index (χ0n) is 27.0. The first-order chi connectivity index (χ1) is 21.9. The van der Waals surface area contributed by atoms with Crippen LogP contribution in [0.5, 0.6) is 0 Å². The molecule has 4 aromatic rings. The lowest BCUT2D eigenvalue weighted by Crippen LogP contribution is -2.54. The van der Waals surface area contributed by atoms with E-state index in [4.69, 9.17) is 0 Å². The lowest BCUT2D eigenvalue weighted by molar-refractivity contribution is -0.140. The molecular weight excluding hydrogens is 601 g/mol. The van der Waals surface area contributed by atoms with Crippen LogP contribution in [0.3, 0.4) is 0 Å². The summed E-state index contributed by atoms with van der Waals surface area (Å²) in [5.41, 5.74) is 3.85. The fraction of sp³-hybridized carbons (Fsp3) is 0.297. The molecule has 0 saturated carbocycles. The summed E-state index contributed by atoms with van der Waals surface area (Å²) in [5.74, 6) is -1.42. The second-order valence-electron chi connectivity index (χ2n) is 12.1. The molecule has 0 unspecified atom stereocenters. The van der Waals surface area contributed by atoms with E-state index < -0.39 is 40.2 Å². The van der Waals surface area contributed by atoms with Gasteiger partial charge in [-0.25, -0.2) is 12.8 Å². The molecule has 7 nitrogen and oxygen atoms in total. The van der Waals surface area contributed by atoms with E-state index in [1.165, 1.54) is 23.1 Å². The van der Waals surface area contributed by atoms with Gasteiger partial charge in [-0.05, 0) is 62.1 Å². The molecule has 0 aliphatic heterocycles. The number of halogens is 1. The Morgan fingerprint density at radius 3 is 2.09 bits per heavy atom. The molecule has 0 saturated heterocycles. The Kier molecular flexibility index (Phi) is 11.4. The number of rotatable bonds is 13. The number of benzene rings is 4. The molecule has 0 bridgehead atoms. The van der Waals surface area contributed by atoms with Gasteiger partial charge in [0.25, 0.3) is 10.0 Å². The molecule has 0 radical (unpaired) electrons. The molecule has 0 aliphatic carbocycles. The van der Waals surface area contributed by atoms with Crippen LogP contribution in [0, 0.1) is 32.5 Å². The first kappa shape index (κ1) is 34.4. The number of carbonyl (C=O) groups is 2. The average molecular weight is 644 g/mol. The summed E-state index contributed by atoms with van der Waals surface area (Å²) < 4.78 is 44.6. The average Bonchev–Trinajstić information content (AvgIpc) is 3.02. The van der Waals surface area contributed by atoms with E-state index in [2.05, 4.69) is 5.32 Å². The summed E-state index contributed by atoms with van der Waals surface area (Å²) in [6.07, 6.45) is 0.152. The highest BCUT2D eigenvalue weighted by atomic mass is 32.2. The molecule has 0 aliphatic rings. The first-order valence-corrected chi connectivity index (χ1v) is 16.8. The van der Waals surface area contributed by atoms with Gasteiger partial charge in [0.05, 0.1) is 10.6 Å². The van der Waals surface area contributed by atoms with Crippen LogP contribution in [0.15, 0.2) is 102 Å². The van der Waals surface area contributed by atoms with Gasteiger partial charge in [-0.2, -0.15) is 0 Å². The lowest BCUT2D eigenvalue weighted by atomic mass is 10.0. The Balaban J connectivity index is 1.83. The zero-order chi connectivity index (χ0) is 33.4. The second kappa shape index (κ2) is 15.2. The zero-order valence-corrected chi connectivity index (χ0v) is 27.9. The fourth-order valence-corrected chi connectivity index (χ4v) is 6.70. The van der Waals surface area contributed by atoms with E-state index in [0.717, 1.165) is 21.0 Å². The molecule has 242 valence electrons. The molecule has 1 atom stereocenters. The number of nitrogens with zero attached hydrogens (tertiary/aromatic N) is 2. The molecule has 0 spiro atoms. The van der Waals surface area contributed by atoms with Gasteiger partial charge in [0.15, 0.2) is 0 Å². The molecule has 0 heterocycles. The van der Waals surface area contributed by atoms with Crippen molar-refractivity contribution in [2.24, 2.45) is 5.92 Å². The van der Waals surface area contributed by atoms with Gasteiger partial charge >= 0.3 is 0 Å². The monoisotopic (exact) mass is 643 g/mol. The van der Waals surface area contributed by atoms with Crippen LogP contribution < -0.4 is 9.62 Å². The van der Waals surface area contributed by atoms with Crippen LogP contribution in [0.1, 0.15) is 41.7 Å². The van der Waals surface area contributed by atoms with E-state index in [0.29, 0.717) is 17.8 Å². The molecule has 0 fully saturated rings. The molecule has 1 N–H and O–H groups in total. The van der Waals surface area contributed by atoms with Crippen molar-refractivity contribution in [2.75, 3.05) is 17.4 Å². The topological polar surface area (TPSA) is 86.8 Å². The Morgan fingerprint density at radius 2 is 1.46 bits per heavy atom. The van der Waals surface area contributed by atoms with E-state index in [9.17, 15) is 18.0 Å². The number of aryl methyl sites for hydroxylation is 3. The van der Waals surface area contributed by atoms with Crippen molar-refractivity contribution in [1.82, 2.24) is 10.2 Å². The Bertz CT molecular complexity index is 1760. The summed E-state index contributed by atoms with van der Waals surface area (Å²) in [6, 6.07) is 26.1. The summed E-state index contributed by atoms with van der Waals surface area (Å²) in [7, 11) is -4.23. The van der Waals surface area contributed by atoms with Crippen molar-refractivity contribution in [1.29, 1.82) is 0 Å². The van der Waals surface area contributed by atoms with Crippen LogP contribution in [0.4, 0.5) is 10.1 Å². The minimum Gasteiger partial charge on any atom is -0.354 e. The van der Waals surface area contributed by atoms with Gasteiger partial charge in [0, 0.05) is 25.1 Å². The van der Waals surface area contributed by atoms with Crippen molar-refractivity contribution in [2.45, 2.75) is 58.5 Å². The molecule has 46 heavy (non-hydrogen) atoms. The van der Waals surface area contributed by atoms with E-state index in [-0.39, 0.29) is 29.3 Å². The van der Waals surface area contributed by atoms with Crippen molar-refractivity contribution in [3.63, 3.8) is 0 Å². The van der Waals surface area contributed by atoms with E-state index in [1.54, 1.807) is 49.4 Å². The Morgan fingerprint density at radius 1 is 0.826 bits per heavy atom. The van der Waals surface area contributed by atoms with Crippen LogP contribution in [-0.4, -0.2) is 44.3 Å². The highest BCUT2D eigenvalue weighted by molar-refractivity contribution is 7.92. The quantitative estimate of drug-likeness (QED) is 0.184. The maximum Gasteiger partial charge on any atom is 0.264 e. The van der Waals surface area contributed by atoms with Crippen LogP contribution in [0.2, 0.25) is 0 Å². The lowest BCUT2D eigenvalue weighted by Gasteiger charge is -2.34. The normalized spacial score (nSPS) is 12.1. The number of nitrogens with one attached hydrogen (secondary N) is 1. The Labute approximate surface area is 272 Å². The highest BCUT2D eigenvalue weighted by Gasteiger charge is 2.35. The van der Waals surface area contributed by atoms with E-state index >= 15 is 4.39 Å². The third-order valence-electron chi connectivity index (χ3n) is 7.76. The minimum atomic E-state index is -4.23. The molecule has 4 aromatic carbocycles. The van der Waals surface area contributed by atoms with Crippen LogP contribution in [0.25, 0.3) is 0 Å². The van der Waals surface area contributed by atoms with Crippen molar-refractivity contribution < 1.29 is 22.4 Å². The number of carbonyl (C=O) groups excluding carboxylic acids is 2. The maximum absolute atomic E-state index is 15.1. The summed E-state index contributed by atoms with van der Waals surface area (Å²) >= 11 is 0. The van der Waals surface area contributed by atoms with Crippen molar-refractivity contribution >= 4 is 27.5 Å².